The lowest BCUT2D eigenvalue weighted by atomic mass is 9.98. The molecule has 0 saturated carbocycles. The van der Waals surface area contributed by atoms with E-state index in [2.05, 4.69) is 5.32 Å². The van der Waals surface area contributed by atoms with Gasteiger partial charge in [-0.3, -0.25) is 14.9 Å². The van der Waals surface area contributed by atoms with Crippen molar-refractivity contribution in [1.82, 2.24) is 14.9 Å². The van der Waals surface area contributed by atoms with Crippen molar-refractivity contribution in [3.05, 3.63) is 30.1 Å². The smallest absolute Gasteiger partial charge is 0.321 e. The average Bonchev–Trinajstić information content (AvgIpc) is 2.66. The van der Waals surface area contributed by atoms with Gasteiger partial charge in [-0.15, -0.1) is 0 Å². The molecular formula is C16H20FN3O6S. The third kappa shape index (κ3) is 5.47. The standard InChI is InChI=1S/C16H20FN3O6S/c1-18-16(23)19-14(21)10-26-15(22)11-6-8-20(9-7-11)27(24,25)13-4-2-12(17)3-5-13/h2-5,11H,6-10H2,1H3,(H2,18,19,21,23). The second kappa shape index (κ2) is 8.91. The van der Waals surface area contributed by atoms with E-state index in [4.69, 9.17) is 4.74 Å². The number of nitrogens with one attached hydrogen (secondary N) is 2. The van der Waals surface area contributed by atoms with Crippen molar-refractivity contribution >= 4 is 27.9 Å². The number of halogens is 1. The molecule has 2 rings (SSSR count). The van der Waals surface area contributed by atoms with Gasteiger partial charge in [-0.2, -0.15) is 4.31 Å². The predicted octanol–water partition coefficient (Wildman–Crippen LogP) is 0.225. The highest BCUT2D eigenvalue weighted by molar-refractivity contribution is 7.89. The van der Waals surface area contributed by atoms with E-state index in [1.807, 2.05) is 5.32 Å². The van der Waals surface area contributed by atoms with Gasteiger partial charge in [0.15, 0.2) is 6.61 Å². The molecule has 11 heteroatoms. The summed E-state index contributed by atoms with van der Waals surface area (Å²) >= 11 is 0. The average molecular weight is 401 g/mol. The largest absolute Gasteiger partial charge is 0.455 e. The van der Waals surface area contributed by atoms with Crippen molar-refractivity contribution < 1.29 is 31.9 Å². The highest BCUT2D eigenvalue weighted by atomic mass is 32.2. The van der Waals surface area contributed by atoms with Crippen LogP contribution in [0, 0.1) is 11.7 Å². The second-order valence-electron chi connectivity index (χ2n) is 5.87. The number of nitrogens with zero attached hydrogens (tertiary/aromatic N) is 1. The summed E-state index contributed by atoms with van der Waals surface area (Å²) in [7, 11) is -2.43. The lowest BCUT2D eigenvalue weighted by Crippen LogP contribution is -2.42. The summed E-state index contributed by atoms with van der Waals surface area (Å²) in [5.41, 5.74) is 0. The number of benzene rings is 1. The minimum Gasteiger partial charge on any atom is -0.455 e. The van der Waals surface area contributed by atoms with Gasteiger partial charge in [0.1, 0.15) is 5.82 Å². The van der Waals surface area contributed by atoms with Gasteiger partial charge in [0.2, 0.25) is 10.0 Å². The summed E-state index contributed by atoms with van der Waals surface area (Å²) in [5.74, 6) is -2.46. The fourth-order valence-electron chi connectivity index (χ4n) is 2.57. The van der Waals surface area contributed by atoms with Crippen molar-refractivity contribution in [3.8, 4) is 0 Å². The maximum Gasteiger partial charge on any atom is 0.321 e. The van der Waals surface area contributed by atoms with Gasteiger partial charge >= 0.3 is 12.0 Å². The number of hydrogen-bond acceptors (Lipinski definition) is 6. The molecule has 0 spiro atoms. The normalized spacial score (nSPS) is 15.8. The molecule has 0 atom stereocenters. The molecule has 0 aromatic heterocycles. The van der Waals surface area contributed by atoms with E-state index in [0.29, 0.717) is 0 Å². The zero-order valence-corrected chi connectivity index (χ0v) is 15.4. The summed E-state index contributed by atoms with van der Waals surface area (Å²) < 4.78 is 44.1. The van der Waals surface area contributed by atoms with Gasteiger partial charge in [0.05, 0.1) is 10.8 Å². The summed E-state index contributed by atoms with van der Waals surface area (Å²) in [6.07, 6.45) is 0.465. The first-order chi connectivity index (χ1) is 12.7. The lowest BCUT2D eigenvalue weighted by Gasteiger charge is -2.30. The number of imide groups is 1. The van der Waals surface area contributed by atoms with Gasteiger partial charge in [0.25, 0.3) is 5.91 Å². The number of esters is 1. The first-order valence-electron chi connectivity index (χ1n) is 8.18. The molecule has 3 amide bonds. The Balaban J connectivity index is 1.85. The Kier molecular flexibility index (Phi) is 6.86. The molecule has 1 heterocycles. The molecule has 0 bridgehead atoms. The van der Waals surface area contributed by atoms with E-state index in [1.165, 1.54) is 23.5 Å². The van der Waals surface area contributed by atoms with Crippen molar-refractivity contribution in [2.24, 2.45) is 5.92 Å². The van der Waals surface area contributed by atoms with E-state index in [-0.39, 0.29) is 30.8 Å². The molecule has 9 nitrogen and oxygen atoms in total. The monoisotopic (exact) mass is 401 g/mol. The van der Waals surface area contributed by atoms with Crippen molar-refractivity contribution in [1.29, 1.82) is 0 Å². The number of urea groups is 1. The number of amides is 3. The second-order valence-corrected chi connectivity index (χ2v) is 7.81. The SMILES string of the molecule is CNC(=O)NC(=O)COC(=O)C1CCN(S(=O)(=O)c2ccc(F)cc2)CC1. The fourth-order valence-corrected chi connectivity index (χ4v) is 4.04. The molecule has 1 aliphatic heterocycles. The number of carbonyl (C=O) groups is 3. The molecular weight excluding hydrogens is 381 g/mol. The Morgan fingerprint density at radius 3 is 2.33 bits per heavy atom. The Morgan fingerprint density at radius 2 is 1.78 bits per heavy atom. The van der Waals surface area contributed by atoms with Crippen molar-refractivity contribution in [3.63, 3.8) is 0 Å². The molecule has 1 aromatic rings. The molecule has 2 N–H and O–H groups in total. The van der Waals surface area contributed by atoms with Crippen LogP contribution in [0.3, 0.4) is 0 Å². The quantitative estimate of drug-likeness (QED) is 0.681. The van der Waals surface area contributed by atoms with E-state index in [9.17, 15) is 27.2 Å². The molecule has 0 unspecified atom stereocenters. The van der Waals surface area contributed by atoms with Crippen LogP contribution >= 0.6 is 0 Å². The number of carbonyl (C=O) groups excluding carboxylic acids is 3. The molecule has 148 valence electrons. The molecule has 0 aliphatic carbocycles. The van der Waals surface area contributed by atoms with Crippen LogP contribution in [0.1, 0.15) is 12.8 Å². The van der Waals surface area contributed by atoms with Gasteiger partial charge in [0, 0.05) is 20.1 Å². The molecule has 27 heavy (non-hydrogen) atoms. The van der Waals surface area contributed by atoms with Crippen molar-refractivity contribution in [2.75, 3.05) is 26.7 Å². The minimum absolute atomic E-state index is 0.0178. The maximum absolute atomic E-state index is 13.0. The van der Waals surface area contributed by atoms with Gasteiger partial charge in [-0.1, -0.05) is 0 Å². The van der Waals surface area contributed by atoms with Crippen molar-refractivity contribution in [2.45, 2.75) is 17.7 Å². The number of sulfonamides is 1. The van der Waals surface area contributed by atoms with E-state index in [0.717, 1.165) is 12.1 Å². The lowest BCUT2D eigenvalue weighted by molar-refractivity contribution is -0.153. The van der Waals surface area contributed by atoms with Crippen LogP contribution in [0.15, 0.2) is 29.2 Å². The molecule has 1 saturated heterocycles. The third-order valence-corrected chi connectivity index (χ3v) is 5.98. The van der Waals surface area contributed by atoms with Crippen LogP contribution < -0.4 is 10.6 Å². The highest BCUT2D eigenvalue weighted by Crippen LogP contribution is 2.24. The van der Waals surface area contributed by atoms with E-state index < -0.39 is 46.3 Å². The summed E-state index contributed by atoms with van der Waals surface area (Å²) in [6.45, 7) is -0.395. The molecule has 1 fully saturated rings. The molecule has 0 radical (unpaired) electrons. The van der Waals surface area contributed by atoms with E-state index in [1.54, 1.807) is 0 Å². The Bertz CT molecular complexity index is 804. The van der Waals surface area contributed by atoms with Crippen LogP contribution in [0.5, 0.6) is 0 Å². The van der Waals surface area contributed by atoms with Gasteiger partial charge in [-0.05, 0) is 37.1 Å². The Labute approximate surface area is 155 Å². The predicted molar refractivity (Wildman–Crippen MR) is 91.4 cm³/mol. The van der Waals surface area contributed by atoms with Crippen LogP contribution in [0.2, 0.25) is 0 Å². The summed E-state index contributed by atoms with van der Waals surface area (Å²) in [4.78, 5) is 34.4. The Hall–Kier alpha value is -2.53. The zero-order valence-electron chi connectivity index (χ0n) is 14.6. The minimum atomic E-state index is -3.76. The van der Waals surface area contributed by atoms with Gasteiger partial charge < -0.3 is 10.1 Å². The molecule has 1 aliphatic rings. The van der Waals surface area contributed by atoms with Gasteiger partial charge in [-0.25, -0.2) is 17.6 Å². The number of rotatable bonds is 5. The fraction of sp³-hybridized carbons (Fsp3) is 0.438. The number of piperidine rings is 1. The zero-order chi connectivity index (χ0) is 20.0. The van der Waals surface area contributed by atoms with Crippen LogP contribution in [0.25, 0.3) is 0 Å². The van der Waals surface area contributed by atoms with Crippen LogP contribution in [0.4, 0.5) is 9.18 Å². The number of ether oxygens (including phenoxy) is 1. The maximum atomic E-state index is 13.0. The summed E-state index contributed by atoms with van der Waals surface area (Å²) in [5, 5.41) is 4.14. The van der Waals surface area contributed by atoms with Crippen LogP contribution in [-0.4, -0.2) is 57.4 Å². The molecule has 1 aromatic carbocycles. The highest BCUT2D eigenvalue weighted by Gasteiger charge is 2.33. The first-order valence-corrected chi connectivity index (χ1v) is 9.62. The summed E-state index contributed by atoms with van der Waals surface area (Å²) in [6, 6.07) is 3.81. The third-order valence-electron chi connectivity index (χ3n) is 4.06. The Morgan fingerprint density at radius 1 is 1.19 bits per heavy atom. The number of hydrogen-bond donors (Lipinski definition) is 2. The first kappa shape index (κ1) is 20.8. The van der Waals surface area contributed by atoms with Crippen LogP contribution in [-0.2, 0) is 24.3 Å². The van der Waals surface area contributed by atoms with E-state index >= 15 is 0 Å². The topological polar surface area (TPSA) is 122 Å².